The fourth-order valence-corrected chi connectivity index (χ4v) is 3.26. The molecular formula is C17H10ClF3N4O2S. The molecule has 0 aliphatic heterocycles. The molecule has 6 nitrogen and oxygen atoms in total. The summed E-state index contributed by atoms with van der Waals surface area (Å²) in [6.07, 6.45) is -3.59. The number of benzene rings is 2. The molecule has 0 unspecified atom stereocenters. The molecule has 0 saturated carbocycles. The van der Waals surface area contributed by atoms with Gasteiger partial charge in [-0.15, -0.1) is 0 Å². The molecule has 0 radical (unpaired) electrons. The molecule has 0 atom stereocenters. The van der Waals surface area contributed by atoms with E-state index in [1.54, 1.807) is 24.3 Å². The van der Waals surface area contributed by atoms with Gasteiger partial charge in [0.25, 0.3) is 0 Å². The molecule has 2 aromatic carbocycles. The lowest BCUT2D eigenvalue weighted by Gasteiger charge is -2.14. The van der Waals surface area contributed by atoms with Crippen molar-refractivity contribution in [3.63, 3.8) is 0 Å². The summed E-state index contributed by atoms with van der Waals surface area (Å²) in [5.41, 5.74) is -1.84. The van der Waals surface area contributed by atoms with Gasteiger partial charge < -0.3 is 5.32 Å². The third-order valence-corrected chi connectivity index (χ3v) is 4.74. The Balaban J connectivity index is 2.01. The Morgan fingerprint density at radius 2 is 1.75 bits per heavy atom. The van der Waals surface area contributed by atoms with Gasteiger partial charge in [0, 0.05) is 9.92 Å². The first-order valence-corrected chi connectivity index (χ1v) is 8.81. The number of nitrogens with one attached hydrogen (secondary N) is 1. The second kappa shape index (κ2) is 8.03. The van der Waals surface area contributed by atoms with Gasteiger partial charge in [-0.2, -0.15) is 13.2 Å². The molecule has 3 rings (SSSR count). The second-order valence-electron chi connectivity index (χ2n) is 5.36. The van der Waals surface area contributed by atoms with Crippen LogP contribution in [0.5, 0.6) is 0 Å². The SMILES string of the molecule is O=[N+]([O-])c1c(Nc2ccccc2C(F)(F)F)ncnc1Sc1ccc(Cl)cc1. The molecule has 0 spiro atoms. The van der Waals surface area contributed by atoms with Gasteiger partial charge in [-0.25, -0.2) is 9.97 Å². The maximum absolute atomic E-state index is 13.2. The summed E-state index contributed by atoms with van der Waals surface area (Å²) in [5, 5.41) is 14.5. The van der Waals surface area contributed by atoms with Gasteiger partial charge in [0.05, 0.1) is 16.2 Å². The summed E-state index contributed by atoms with van der Waals surface area (Å²) in [5.74, 6) is -0.340. The molecule has 11 heteroatoms. The van der Waals surface area contributed by atoms with Crippen molar-refractivity contribution in [2.75, 3.05) is 5.32 Å². The van der Waals surface area contributed by atoms with Crippen LogP contribution in [-0.4, -0.2) is 14.9 Å². The van der Waals surface area contributed by atoms with Crippen LogP contribution in [0.3, 0.4) is 0 Å². The molecule has 0 amide bonds. The van der Waals surface area contributed by atoms with Gasteiger partial charge in [0.1, 0.15) is 6.33 Å². The molecule has 1 N–H and O–H groups in total. The fraction of sp³-hybridized carbons (Fsp3) is 0.0588. The van der Waals surface area contributed by atoms with Gasteiger partial charge in [-0.3, -0.25) is 10.1 Å². The highest BCUT2D eigenvalue weighted by molar-refractivity contribution is 7.99. The average Bonchev–Trinajstić information content (AvgIpc) is 2.63. The zero-order chi connectivity index (χ0) is 20.3. The van der Waals surface area contributed by atoms with Crippen LogP contribution in [0.25, 0.3) is 0 Å². The van der Waals surface area contributed by atoms with E-state index in [0.717, 1.165) is 24.2 Å². The molecule has 3 aromatic rings. The van der Waals surface area contributed by atoms with Gasteiger partial charge in [0.2, 0.25) is 5.82 Å². The van der Waals surface area contributed by atoms with Crippen LogP contribution < -0.4 is 5.32 Å². The van der Waals surface area contributed by atoms with Crippen molar-refractivity contribution in [3.8, 4) is 0 Å². The van der Waals surface area contributed by atoms with E-state index in [0.29, 0.717) is 9.92 Å². The van der Waals surface area contributed by atoms with Crippen LogP contribution in [-0.2, 0) is 6.18 Å². The molecule has 0 bridgehead atoms. The summed E-state index contributed by atoms with van der Waals surface area (Å²) in [6.45, 7) is 0. The predicted octanol–water partition coefficient (Wildman–Crippen LogP) is 5.95. The van der Waals surface area contributed by atoms with Crippen LogP contribution in [0.4, 0.5) is 30.4 Å². The van der Waals surface area contributed by atoms with E-state index in [1.165, 1.54) is 18.2 Å². The van der Waals surface area contributed by atoms with Gasteiger partial charge >= 0.3 is 11.9 Å². The van der Waals surface area contributed by atoms with E-state index in [1.807, 2.05) is 0 Å². The standard InChI is InChI=1S/C17H10ClF3N4O2S/c18-10-5-7-11(8-6-10)28-16-14(25(26)27)15(22-9-23-16)24-13-4-2-1-3-12(13)17(19,20)21/h1-9H,(H,22,23,24). The van der Waals surface area contributed by atoms with E-state index < -0.39 is 22.4 Å². The number of aromatic nitrogens is 2. The number of rotatable bonds is 5. The molecule has 0 aliphatic carbocycles. The van der Waals surface area contributed by atoms with Crippen LogP contribution in [0, 0.1) is 10.1 Å². The molecule has 0 saturated heterocycles. The number of halogens is 4. The largest absolute Gasteiger partial charge is 0.418 e. The van der Waals surface area contributed by atoms with Crippen molar-refractivity contribution < 1.29 is 18.1 Å². The minimum Gasteiger partial charge on any atom is -0.334 e. The van der Waals surface area contributed by atoms with Gasteiger partial charge in [0.15, 0.2) is 5.03 Å². The van der Waals surface area contributed by atoms with E-state index >= 15 is 0 Å². The highest BCUT2D eigenvalue weighted by Crippen LogP contribution is 2.40. The topological polar surface area (TPSA) is 81.0 Å². The van der Waals surface area contributed by atoms with Crippen molar-refractivity contribution >= 4 is 40.6 Å². The Kier molecular flexibility index (Phi) is 5.71. The molecule has 28 heavy (non-hydrogen) atoms. The number of hydrogen-bond acceptors (Lipinski definition) is 6. The normalized spacial score (nSPS) is 11.3. The predicted molar refractivity (Wildman–Crippen MR) is 99.0 cm³/mol. The van der Waals surface area contributed by atoms with E-state index in [4.69, 9.17) is 11.6 Å². The van der Waals surface area contributed by atoms with Crippen molar-refractivity contribution in [1.82, 2.24) is 9.97 Å². The Hall–Kier alpha value is -2.85. The van der Waals surface area contributed by atoms with Crippen molar-refractivity contribution in [1.29, 1.82) is 0 Å². The van der Waals surface area contributed by atoms with E-state index in [9.17, 15) is 23.3 Å². The first-order valence-electron chi connectivity index (χ1n) is 7.62. The highest BCUT2D eigenvalue weighted by atomic mass is 35.5. The summed E-state index contributed by atoms with van der Waals surface area (Å²) in [6, 6.07) is 11.2. The molecule has 1 heterocycles. The van der Waals surface area contributed by atoms with E-state index in [-0.39, 0.29) is 16.5 Å². The Labute approximate surface area is 165 Å². The van der Waals surface area contributed by atoms with Gasteiger partial charge in [-0.05, 0) is 36.4 Å². The number of alkyl halides is 3. The van der Waals surface area contributed by atoms with Crippen molar-refractivity contribution in [2.45, 2.75) is 16.1 Å². The highest BCUT2D eigenvalue weighted by Gasteiger charge is 2.34. The lowest BCUT2D eigenvalue weighted by atomic mass is 10.1. The minimum absolute atomic E-state index is 0.0192. The number of para-hydroxylation sites is 1. The molecule has 1 aromatic heterocycles. The zero-order valence-electron chi connectivity index (χ0n) is 13.8. The Morgan fingerprint density at radius 1 is 1.07 bits per heavy atom. The smallest absolute Gasteiger partial charge is 0.334 e. The lowest BCUT2D eigenvalue weighted by molar-refractivity contribution is -0.387. The summed E-state index contributed by atoms with van der Waals surface area (Å²) < 4.78 is 39.6. The number of hydrogen-bond donors (Lipinski definition) is 1. The third kappa shape index (κ3) is 4.52. The summed E-state index contributed by atoms with van der Waals surface area (Å²) >= 11 is 6.79. The van der Waals surface area contributed by atoms with Crippen molar-refractivity contribution in [2.24, 2.45) is 0 Å². The van der Waals surface area contributed by atoms with Gasteiger partial charge in [-0.1, -0.05) is 35.5 Å². The zero-order valence-corrected chi connectivity index (χ0v) is 15.3. The first-order chi connectivity index (χ1) is 13.3. The van der Waals surface area contributed by atoms with E-state index in [2.05, 4.69) is 15.3 Å². The second-order valence-corrected chi connectivity index (χ2v) is 6.86. The van der Waals surface area contributed by atoms with Crippen molar-refractivity contribution in [3.05, 3.63) is 75.6 Å². The van der Waals surface area contributed by atoms with Crippen LogP contribution in [0.15, 0.2) is 64.8 Å². The number of nitro groups is 1. The first kappa shape index (κ1) is 19.9. The maximum atomic E-state index is 13.2. The summed E-state index contributed by atoms with van der Waals surface area (Å²) in [4.78, 5) is 19.1. The lowest BCUT2D eigenvalue weighted by Crippen LogP contribution is -2.10. The van der Waals surface area contributed by atoms with Crippen LogP contribution in [0.2, 0.25) is 5.02 Å². The maximum Gasteiger partial charge on any atom is 0.418 e. The summed E-state index contributed by atoms with van der Waals surface area (Å²) in [7, 11) is 0. The Bertz CT molecular complexity index is 1020. The quantitative estimate of drug-likeness (QED) is 0.308. The molecule has 144 valence electrons. The molecule has 0 aliphatic rings. The molecule has 0 fully saturated rings. The monoisotopic (exact) mass is 426 g/mol. The average molecular weight is 427 g/mol. The number of anilines is 2. The molecular weight excluding hydrogens is 417 g/mol. The Morgan fingerprint density at radius 3 is 2.39 bits per heavy atom. The number of nitrogens with zero attached hydrogens (tertiary/aromatic N) is 3. The fourth-order valence-electron chi connectivity index (χ4n) is 2.27. The van der Waals surface area contributed by atoms with Crippen LogP contribution >= 0.6 is 23.4 Å². The van der Waals surface area contributed by atoms with Crippen LogP contribution in [0.1, 0.15) is 5.56 Å². The minimum atomic E-state index is -4.63. The third-order valence-electron chi connectivity index (χ3n) is 3.48.